The molecule has 0 bridgehead atoms. The fraction of sp³-hybridized carbons (Fsp3) is 0.619. The van der Waals surface area contributed by atoms with E-state index in [0.29, 0.717) is 6.04 Å². The fourth-order valence-electron chi connectivity index (χ4n) is 4.47. The van der Waals surface area contributed by atoms with Gasteiger partial charge >= 0.3 is 0 Å². The molecule has 1 N–H and O–H groups in total. The molecule has 3 aromatic heterocycles. The van der Waals surface area contributed by atoms with Gasteiger partial charge < -0.3 is 4.90 Å². The summed E-state index contributed by atoms with van der Waals surface area (Å²) < 4.78 is 4.12. The van der Waals surface area contributed by atoms with Gasteiger partial charge in [-0.3, -0.25) is 14.3 Å². The van der Waals surface area contributed by atoms with Gasteiger partial charge in [-0.25, -0.2) is 0 Å². The van der Waals surface area contributed by atoms with E-state index in [9.17, 15) is 0 Å². The lowest BCUT2D eigenvalue weighted by molar-refractivity contribution is 0.410. The van der Waals surface area contributed by atoms with Crippen LogP contribution in [0.4, 0.5) is 5.95 Å². The molecule has 3 heterocycles. The van der Waals surface area contributed by atoms with Crippen molar-refractivity contribution >= 4 is 5.95 Å². The molecule has 0 aliphatic heterocycles. The number of hydrogen-bond acceptors (Lipinski definition) is 5. The van der Waals surface area contributed by atoms with Crippen LogP contribution in [0, 0.1) is 6.92 Å². The Kier molecular flexibility index (Phi) is 5.97. The van der Waals surface area contributed by atoms with Crippen molar-refractivity contribution in [2.24, 2.45) is 7.05 Å². The molecule has 1 aliphatic rings. The average Bonchev–Trinajstić information content (AvgIpc) is 3.45. The quantitative estimate of drug-likeness (QED) is 0.630. The second-order valence-corrected chi connectivity index (χ2v) is 8.08. The molecule has 0 amide bonds. The van der Waals surface area contributed by atoms with Gasteiger partial charge in [-0.15, -0.1) is 10.2 Å². The first-order chi connectivity index (χ1) is 14.2. The van der Waals surface area contributed by atoms with E-state index in [1.165, 1.54) is 37.7 Å². The molecule has 0 atom stereocenters. The monoisotopic (exact) mass is 396 g/mol. The molecule has 1 saturated carbocycles. The second-order valence-electron chi connectivity index (χ2n) is 8.08. The van der Waals surface area contributed by atoms with Gasteiger partial charge in [0.1, 0.15) is 0 Å². The lowest BCUT2D eigenvalue weighted by Gasteiger charge is -2.34. The molecule has 0 radical (unpaired) electrons. The Labute approximate surface area is 172 Å². The molecule has 29 heavy (non-hydrogen) atoms. The summed E-state index contributed by atoms with van der Waals surface area (Å²) in [6, 6.07) is 0.564. The van der Waals surface area contributed by atoms with Crippen LogP contribution in [0.5, 0.6) is 0 Å². The number of nitrogens with zero attached hydrogens (tertiary/aromatic N) is 7. The van der Waals surface area contributed by atoms with Crippen molar-refractivity contribution in [2.45, 2.75) is 71.4 Å². The van der Waals surface area contributed by atoms with Crippen LogP contribution in [0.1, 0.15) is 56.7 Å². The first-order valence-electron chi connectivity index (χ1n) is 10.8. The Morgan fingerprint density at radius 2 is 2.00 bits per heavy atom. The minimum absolute atomic E-state index is 0.564. The fourth-order valence-corrected chi connectivity index (χ4v) is 4.47. The predicted octanol–water partition coefficient (Wildman–Crippen LogP) is 3.50. The van der Waals surface area contributed by atoms with Crippen molar-refractivity contribution in [3.05, 3.63) is 29.8 Å². The summed E-state index contributed by atoms with van der Waals surface area (Å²) in [6.45, 7) is 6.14. The first kappa shape index (κ1) is 19.7. The highest BCUT2D eigenvalue weighted by Crippen LogP contribution is 2.29. The maximum atomic E-state index is 4.66. The molecule has 156 valence electrons. The summed E-state index contributed by atoms with van der Waals surface area (Å²) in [5, 5.41) is 20.8. The molecule has 0 unspecified atom stereocenters. The molecular weight excluding hydrogens is 364 g/mol. The lowest BCUT2D eigenvalue weighted by atomic mass is 9.94. The molecule has 1 aliphatic carbocycles. The Morgan fingerprint density at radius 1 is 1.17 bits per heavy atom. The first-order valence-corrected chi connectivity index (χ1v) is 10.8. The van der Waals surface area contributed by atoms with Gasteiger partial charge in [0.15, 0.2) is 5.82 Å². The summed E-state index contributed by atoms with van der Waals surface area (Å²) in [6.07, 6.45) is 14.3. The zero-order chi connectivity index (χ0) is 20.2. The lowest BCUT2D eigenvalue weighted by Crippen LogP contribution is -2.38. The van der Waals surface area contributed by atoms with Crippen molar-refractivity contribution < 1.29 is 0 Å². The van der Waals surface area contributed by atoms with Crippen LogP contribution in [-0.4, -0.2) is 47.3 Å². The number of hydrogen-bond donors (Lipinski definition) is 1. The minimum atomic E-state index is 0.564. The van der Waals surface area contributed by atoms with Crippen LogP contribution in [0.15, 0.2) is 18.6 Å². The van der Waals surface area contributed by atoms with Crippen molar-refractivity contribution in [3.63, 3.8) is 0 Å². The van der Waals surface area contributed by atoms with E-state index in [2.05, 4.69) is 48.8 Å². The molecule has 3 aromatic rings. The topological polar surface area (TPSA) is 80.4 Å². The van der Waals surface area contributed by atoms with E-state index in [4.69, 9.17) is 0 Å². The van der Waals surface area contributed by atoms with E-state index in [0.717, 1.165) is 49.0 Å². The Morgan fingerprint density at radius 3 is 2.66 bits per heavy atom. The van der Waals surface area contributed by atoms with Gasteiger partial charge in [-0.2, -0.15) is 10.2 Å². The number of nitrogens with one attached hydrogen (secondary N) is 1. The Balaban J connectivity index is 1.61. The smallest absolute Gasteiger partial charge is 0.227 e. The highest BCUT2D eigenvalue weighted by atomic mass is 15.4. The number of aryl methyl sites for hydroxylation is 3. The van der Waals surface area contributed by atoms with Gasteiger partial charge in [0.25, 0.3) is 0 Å². The van der Waals surface area contributed by atoms with Gasteiger partial charge in [-0.1, -0.05) is 19.3 Å². The van der Waals surface area contributed by atoms with Crippen LogP contribution in [0.25, 0.3) is 11.4 Å². The Hall–Kier alpha value is -2.64. The number of rotatable bonds is 8. The van der Waals surface area contributed by atoms with Gasteiger partial charge in [0.05, 0.1) is 18.0 Å². The summed E-state index contributed by atoms with van der Waals surface area (Å²) in [5.74, 6) is 1.91. The molecule has 0 aromatic carbocycles. The Bertz CT molecular complexity index is 915. The third-order valence-electron chi connectivity index (χ3n) is 6.07. The molecule has 1 fully saturated rings. The van der Waals surface area contributed by atoms with Gasteiger partial charge in [0.2, 0.25) is 5.95 Å². The predicted molar refractivity (Wildman–Crippen MR) is 114 cm³/mol. The molecule has 4 rings (SSSR count). The number of H-pyrrole nitrogens is 1. The zero-order valence-corrected chi connectivity index (χ0v) is 17.8. The number of aromatic nitrogens is 7. The number of anilines is 1. The van der Waals surface area contributed by atoms with Crippen LogP contribution in [-0.2, 0) is 20.0 Å². The largest absolute Gasteiger partial charge is 0.338 e. The van der Waals surface area contributed by atoms with Gasteiger partial charge in [-0.05, 0) is 45.1 Å². The third kappa shape index (κ3) is 4.21. The minimum Gasteiger partial charge on any atom is -0.338 e. The maximum Gasteiger partial charge on any atom is 0.227 e. The highest BCUT2D eigenvalue weighted by molar-refractivity contribution is 5.56. The SMILES string of the molecule is CCN(c1nnc(-c2cnn(C)c2)n1CCCc1cn[nH]c1C)C1CCCCC1. The van der Waals surface area contributed by atoms with Crippen LogP contribution >= 0.6 is 0 Å². The van der Waals surface area contributed by atoms with Crippen molar-refractivity contribution in [3.8, 4) is 11.4 Å². The van der Waals surface area contributed by atoms with Crippen LogP contribution < -0.4 is 4.90 Å². The standard InChI is InChI=1S/C21H32N8/c1-4-28(19-10-6-5-7-11-19)21-26-25-20(18-14-23-27(3)15-18)29(21)12-8-9-17-13-22-24-16(17)2/h13-15,19H,4-12H2,1-3H3,(H,22,24). The van der Waals surface area contributed by atoms with E-state index in [1.54, 1.807) is 0 Å². The van der Waals surface area contributed by atoms with E-state index < -0.39 is 0 Å². The second kappa shape index (κ2) is 8.80. The van der Waals surface area contributed by atoms with Gasteiger partial charge in [0, 0.05) is 38.1 Å². The summed E-state index contributed by atoms with van der Waals surface area (Å²) in [4.78, 5) is 2.47. The van der Waals surface area contributed by atoms with Crippen LogP contribution in [0.3, 0.4) is 0 Å². The normalized spacial score (nSPS) is 15.1. The van der Waals surface area contributed by atoms with Crippen molar-refractivity contribution in [1.29, 1.82) is 0 Å². The molecule has 0 saturated heterocycles. The average molecular weight is 397 g/mol. The van der Waals surface area contributed by atoms with Crippen molar-refractivity contribution in [2.75, 3.05) is 11.4 Å². The molecule has 0 spiro atoms. The summed E-state index contributed by atoms with van der Waals surface area (Å²) in [5.41, 5.74) is 3.45. The van der Waals surface area contributed by atoms with Crippen LogP contribution in [0.2, 0.25) is 0 Å². The van der Waals surface area contributed by atoms with E-state index in [-0.39, 0.29) is 0 Å². The molecule has 8 heteroatoms. The molecular formula is C21H32N8. The summed E-state index contributed by atoms with van der Waals surface area (Å²) in [7, 11) is 1.94. The zero-order valence-electron chi connectivity index (χ0n) is 17.8. The maximum absolute atomic E-state index is 4.66. The van der Waals surface area contributed by atoms with Crippen molar-refractivity contribution in [1.82, 2.24) is 34.7 Å². The van der Waals surface area contributed by atoms with E-state index in [1.807, 2.05) is 30.3 Å². The number of aromatic amines is 1. The molecule has 8 nitrogen and oxygen atoms in total. The third-order valence-corrected chi connectivity index (χ3v) is 6.07. The van der Waals surface area contributed by atoms with E-state index >= 15 is 0 Å². The highest BCUT2D eigenvalue weighted by Gasteiger charge is 2.26. The summed E-state index contributed by atoms with van der Waals surface area (Å²) >= 11 is 0.